The maximum atomic E-state index is 13.5. The molecule has 35 heavy (non-hydrogen) atoms. The summed E-state index contributed by atoms with van der Waals surface area (Å²) >= 11 is 0. The Kier molecular flexibility index (Phi) is 7.02. The van der Waals surface area contributed by atoms with Gasteiger partial charge in [-0.25, -0.2) is 0 Å². The summed E-state index contributed by atoms with van der Waals surface area (Å²) in [6.45, 7) is 4.37. The number of H-pyrrole nitrogens is 1. The molecule has 1 saturated heterocycles. The molecule has 6 heteroatoms. The molecule has 5 rings (SSSR count). The number of benzene rings is 3. The van der Waals surface area contributed by atoms with Crippen molar-refractivity contribution in [1.29, 1.82) is 0 Å². The Morgan fingerprint density at radius 3 is 2.06 bits per heavy atom. The van der Waals surface area contributed by atoms with Crippen LogP contribution in [0.15, 0.2) is 84.9 Å². The molecule has 0 spiro atoms. The fourth-order valence-electron chi connectivity index (χ4n) is 4.70. The maximum absolute atomic E-state index is 13.5. The number of amides is 1. The number of hydrogen-bond donors (Lipinski definition) is 2. The smallest absolute Gasteiger partial charge is 0.234 e. The van der Waals surface area contributed by atoms with Crippen LogP contribution < -0.4 is 5.32 Å². The molecule has 0 atom stereocenters. The summed E-state index contributed by atoms with van der Waals surface area (Å²) in [4.78, 5) is 33.7. The lowest BCUT2D eigenvalue weighted by molar-refractivity contribution is -0.122. The van der Waals surface area contributed by atoms with E-state index in [1.165, 1.54) is 0 Å². The lowest BCUT2D eigenvalue weighted by Crippen LogP contribution is -2.50. The van der Waals surface area contributed by atoms with Crippen LogP contribution in [0.4, 0.5) is 0 Å². The van der Waals surface area contributed by atoms with Crippen molar-refractivity contribution in [3.8, 4) is 11.3 Å². The standard InChI is InChI=1S/C29H30N4O2/c34-26(28-24-13-7-8-14-25(24)31-29(28)23-11-5-2-6-12-23)20-32-15-17-33(18-16-32)21-27(35)30-19-22-9-3-1-4-10-22/h1-14,31H,15-21H2,(H,30,35). The first-order valence-corrected chi connectivity index (χ1v) is 12.1. The van der Waals surface area contributed by atoms with E-state index in [-0.39, 0.29) is 11.7 Å². The maximum Gasteiger partial charge on any atom is 0.234 e. The highest BCUT2D eigenvalue weighted by Crippen LogP contribution is 2.30. The molecule has 0 saturated carbocycles. The van der Waals surface area contributed by atoms with Gasteiger partial charge in [-0.05, 0) is 17.2 Å². The average Bonchev–Trinajstić information content (AvgIpc) is 3.30. The molecular formula is C29H30N4O2. The van der Waals surface area contributed by atoms with Crippen molar-refractivity contribution in [2.24, 2.45) is 0 Å². The van der Waals surface area contributed by atoms with Gasteiger partial charge < -0.3 is 10.3 Å². The summed E-state index contributed by atoms with van der Waals surface area (Å²) in [5.41, 5.74) is 4.72. The van der Waals surface area contributed by atoms with Crippen molar-refractivity contribution in [3.05, 3.63) is 96.1 Å². The first-order chi connectivity index (χ1) is 17.2. The van der Waals surface area contributed by atoms with Crippen LogP contribution in [0.3, 0.4) is 0 Å². The Hall–Kier alpha value is -3.74. The highest BCUT2D eigenvalue weighted by Gasteiger charge is 2.24. The Balaban J connectivity index is 1.19. The molecule has 0 bridgehead atoms. The molecule has 6 nitrogen and oxygen atoms in total. The highest BCUT2D eigenvalue weighted by atomic mass is 16.2. The van der Waals surface area contributed by atoms with Crippen molar-refractivity contribution in [1.82, 2.24) is 20.1 Å². The average molecular weight is 467 g/mol. The summed E-state index contributed by atoms with van der Waals surface area (Å²) < 4.78 is 0. The van der Waals surface area contributed by atoms with Gasteiger partial charge in [-0.3, -0.25) is 19.4 Å². The first kappa shape index (κ1) is 23.0. The predicted octanol–water partition coefficient (Wildman–Crippen LogP) is 3.95. The summed E-state index contributed by atoms with van der Waals surface area (Å²) in [7, 11) is 0. The largest absolute Gasteiger partial charge is 0.354 e. The van der Waals surface area contributed by atoms with E-state index < -0.39 is 0 Å². The van der Waals surface area contributed by atoms with Gasteiger partial charge in [-0.1, -0.05) is 78.9 Å². The molecule has 178 valence electrons. The van der Waals surface area contributed by atoms with Crippen LogP contribution in [0.25, 0.3) is 22.2 Å². The molecule has 1 amide bonds. The molecule has 3 aromatic carbocycles. The molecule has 0 aliphatic carbocycles. The zero-order valence-corrected chi connectivity index (χ0v) is 19.7. The number of Topliss-reactive ketones (excluding diaryl/α,β-unsaturated/α-hetero) is 1. The molecule has 1 aromatic heterocycles. The highest BCUT2D eigenvalue weighted by molar-refractivity contribution is 6.14. The van der Waals surface area contributed by atoms with Gasteiger partial charge in [0, 0.05) is 43.6 Å². The monoisotopic (exact) mass is 466 g/mol. The summed E-state index contributed by atoms with van der Waals surface area (Å²) in [6, 6.07) is 27.9. The van der Waals surface area contributed by atoms with Gasteiger partial charge in [0.15, 0.2) is 5.78 Å². The number of fused-ring (bicyclic) bond motifs is 1. The van der Waals surface area contributed by atoms with Gasteiger partial charge in [-0.15, -0.1) is 0 Å². The minimum atomic E-state index is 0.0321. The lowest BCUT2D eigenvalue weighted by atomic mass is 10.0. The van der Waals surface area contributed by atoms with Crippen LogP contribution in [-0.2, 0) is 11.3 Å². The fraction of sp³-hybridized carbons (Fsp3) is 0.241. The first-order valence-electron chi connectivity index (χ1n) is 12.1. The third-order valence-electron chi connectivity index (χ3n) is 6.58. The topological polar surface area (TPSA) is 68.4 Å². The second-order valence-electron chi connectivity index (χ2n) is 9.02. The number of carbonyl (C=O) groups excluding carboxylic acids is 2. The van der Waals surface area contributed by atoms with Gasteiger partial charge in [0.2, 0.25) is 5.91 Å². The normalized spacial score (nSPS) is 14.7. The second kappa shape index (κ2) is 10.7. The molecule has 0 radical (unpaired) electrons. The second-order valence-corrected chi connectivity index (χ2v) is 9.02. The van der Waals surface area contributed by atoms with Crippen LogP contribution in [0.2, 0.25) is 0 Å². The van der Waals surface area contributed by atoms with Crippen LogP contribution in [0.5, 0.6) is 0 Å². The number of nitrogens with one attached hydrogen (secondary N) is 2. The van der Waals surface area contributed by atoms with Crippen molar-refractivity contribution in [2.45, 2.75) is 6.54 Å². The molecule has 1 aliphatic heterocycles. The van der Waals surface area contributed by atoms with E-state index in [9.17, 15) is 9.59 Å². The van der Waals surface area contributed by atoms with Crippen molar-refractivity contribution >= 4 is 22.6 Å². The Morgan fingerprint density at radius 2 is 1.34 bits per heavy atom. The van der Waals surface area contributed by atoms with Gasteiger partial charge in [0.05, 0.1) is 24.3 Å². The zero-order valence-electron chi connectivity index (χ0n) is 19.7. The summed E-state index contributed by atoms with van der Waals surface area (Å²) in [5, 5.41) is 3.96. The van der Waals surface area contributed by atoms with E-state index in [1.807, 2.05) is 84.9 Å². The number of aromatic nitrogens is 1. The molecule has 0 unspecified atom stereocenters. The molecule has 1 aliphatic rings. The van der Waals surface area contributed by atoms with Gasteiger partial charge >= 0.3 is 0 Å². The third-order valence-corrected chi connectivity index (χ3v) is 6.58. The van der Waals surface area contributed by atoms with Crippen LogP contribution in [-0.4, -0.2) is 65.7 Å². The van der Waals surface area contributed by atoms with E-state index in [0.717, 1.165) is 59.5 Å². The van der Waals surface area contributed by atoms with Crippen LogP contribution >= 0.6 is 0 Å². The Labute approximate surface area is 205 Å². The van der Waals surface area contributed by atoms with Gasteiger partial charge in [0.1, 0.15) is 0 Å². The van der Waals surface area contributed by atoms with Crippen molar-refractivity contribution in [3.63, 3.8) is 0 Å². The number of rotatable bonds is 8. The number of carbonyl (C=O) groups is 2. The number of nitrogens with zero attached hydrogens (tertiary/aromatic N) is 2. The van der Waals surface area contributed by atoms with E-state index >= 15 is 0 Å². The third kappa shape index (κ3) is 5.50. The predicted molar refractivity (Wildman–Crippen MR) is 139 cm³/mol. The number of piperazine rings is 1. The number of ketones is 1. The lowest BCUT2D eigenvalue weighted by Gasteiger charge is -2.33. The SMILES string of the molecule is O=C(CN1CCN(CC(=O)c2c(-c3ccccc3)[nH]c3ccccc23)CC1)NCc1ccccc1. The van der Waals surface area contributed by atoms with E-state index in [4.69, 9.17) is 0 Å². The van der Waals surface area contributed by atoms with Crippen LogP contribution in [0.1, 0.15) is 15.9 Å². The van der Waals surface area contributed by atoms with Crippen LogP contribution in [0, 0.1) is 0 Å². The van der Waals surface area contributed by atoms with E-state index in [0.29, 0.717) is 19.6 Å². The minimum absolute atomic E-state index is 0.0321. The molecule has 2 N–H and O–H groups in total. The van der Waals surface area contributed by atoms with E-state index in [1.54, 1.807) is 0 Å². The number of aromatic amines is 1. The Morgan fingerprint density at radius 1 is 0.743 bits per heavy atom. The summed E-state index contributed by atoms with van der Waals surface area (Å²) in [6.07, 6.45) is 0. The van der Waals surface area contributed by atoms with Gasteiger partial charge in [-0.2, -0.15) is 0 Å². The molecule has 1 fully saturated rings. The number of para-hydroxylation sites is 1. The van der Waals surface area contributed by atoms with Crippen molar-refractivity contribution < 1.29 is 9.59 Å². The van der Waals surface area contributed by atoms with Gasteiger partial charge in [0.25, 0.3) is 0 Å². The molecule has 4 aromatic rings. The minimum Gasteiger partial charge on any atom is -0.354 e. The number of hydrogen-bond acceptors (Lipinski definition) is 4. The fourth-order valence-corrected chi connectivity index (χ4v) is 4.70. The van der Waals surface area contributed by atoms with E-state index in [2.05, 4.69) is 20.1 Å². The Bertz CT molecular complexity index is 1290. The quantitative estimate of drug-likeness (QED) is 0.386. The summed E-state index contributed by atoms with van der Waals surface area (Å²) in [5.74, 6) is 0.153. The molecule has 2 heterocycles. The van der Waals surface area contributed by atoms with Crippen molar-refractivity contribution in [2.75, 3.05) is 39.3 Å². The molecular weight excluding hydrogens is 436 g/mol. The zero-order chi connectivity index (χ0) is 24.0.